The summed E-state index contributed by atoms with van der Waals surface area (Å²) in [5, 5.41) is 19.7. The second kappa shape index (κ2) is 16.1. The van der Waals surface area contributed by atoms with Crippen LogP contribution in [0.2, 0.25) is 0 Å². The molecule has 8 aromatic carbocycles. The number of fused-ring (bicyclic) bond motifs is 3. The summed E-state index contributed by atoms with van der Waals surface area (Å²) >= 11 is 1.87. The molecule has 1 heterocycles. The third kappa shape index (κ3) is 7.17. The number of nitrogens with zero attached hydrogens (tertiary/aromatic N) is 1. The maximum Gasteiger partial charge on any atom is 0.0950 e. The highest BCUT2D eigenvalue weighted by atomic mass is 32.1. The molecule has 10 rings (SSSR count). The Morgan fingerprint density at radius 3 is 1.87 bits per heavy atom. The number of anilines is 3. The molecule has 4 heteroatoms. The molecular formula is C56H41N3S. The minimum absolute atomic E-state index is 0.0308. The molecule has 2 N–H and O–H groups in total. The average molecular weight is 788 g/mol. The van der Waals surface area contributed by atoms with Gasteiger partial charge in [0.1, 0.15) is 0 Å². The van der Waals surface area contributed by atoms with Crippen LogP contribution in [0.1, 0.15) is 6.92 Å². The standard InChI is InChI=1S/C56H41N3S/c1-37-45(36-57)20-12-28-52(37)59-53-27-7-5-23-47(53)42-17-10-16-40(33-42)38-14-9-15-39(32-38)41-30-31-54(58-46-21-3-2-4-22-46)51(35-41)44-19-11-18-43(34-44)48-25-13-26-50-49-24-6-8-29-55(49)60-56(48)50/h2-35,37,52,58-59H,1H3. The predicted octanol–water partition coefficient (Wildman–Crippen LogP) is 15.6. The van der Waals surface area contributed by atoms with Gasteiger partial charge in [0, 0.05) is 59.9 Å². The minimum atomic E-state index is 0.0308. The summed E-state index contributed by atoms with van der Waals surface area (Å²) in [5.74, 6) is 0.0804. The number of nitrogens with one attached hydrogen (secondary N) is 2. The molecule has 286 valence electrons. The van der Waals surface area contributed by atoms with Crippen LogP contribution in [0, 0.1) is 17.2 Å². The fraction of sp³-hybridized carbons (Fsp3) is 0.0536. The maximum absolute atomic E-state index is 9.66. The largest absolute Gasteiger partial charge is 0.378 e. The van der Waals surface area contributed by atoms with Crippen molar-refractivity contribution in [1.82, 2.24) is 0 Å². The molecule has 0 saturated carbocycles. The van der Waals surface area contributed by atoms with Crippen molar-refractivity contribution in [3.63, 3.8) is 0 Å². The SMILES string of the molecule is CC1C(C#N)=CC=CC1Nc1ccccc1-c1cccc(-c2cccc(-c3ccc(Nc4ccccc4)c(-c4cccc(-c5cccc6c5sc5ccccc56)c4)c3)c2)c1. The third-order valence-corrected chi connectivity index (χ3v) is 12.9. The van der Waals surface area contributed by atoms with Gasteiger partial charge in [-0.15, -0.1) is 11.3 Å². The van der Waals surface area contributed by atoms with E-state index in [0.29, 0.717) is 0 Å². The van der Waals surface area contributed by atoms with E-state index in [0.717, 1.165) is 67.1 Å². The summed E-state index contributed by atoms with van der Waals surface area (Å²) in [7, 11) is 0. The molecule has 60 heavy (non-hydrogen) atoms. The lowest BCUT2D eigenvalue weighted by Gasteiger charge is -2.26. The van der Waals surface area contributed by atoms with E-state index in [1.807, 2.05) is 29.6 Å². The van der Waals surface area contributed by atoms with Crippen molar-refractivity contribution in [2.24, 2.45) is 5.92 Å². The van der Waals surface area contributed by atoms with Gasteiger partial charge in [0.2, 0.25) is 0 Å². The van der Waals surface area contributed by atoms with Gasteiger partial charge in [0.05, 0.1) is 12.1 Å². The highest BCUT2D eigenvalue weighted by molar-refractivity contribution is 7.26. The lowest BCUT2D eigenvalue weighted by molar-refractivity contribution is 0.637. The number of benzene rings is 8. The van der Waals surface area contributed by atoms with Crippen molar-refractivity contribution in [3.8, 4) is 61.7 Å². The molecule has 2 unspecified atom stereocenters. The zero-order valence-electron chi connectivity index (χ0n) is 33.1. The quantitative estimate of drug-likeness (QED) is 0.153. The van der Waals surface area contributed by atoms with Crippen LogP contribution in [0.15, 0.2) is 212 Å². The van der Waals surface area contributed by atoms with Gasteiger partial charge in [-0.1, -0.05) is 153 Å². The summed E-state index contributed by atoms with van der Waals surface area (Å²) in [4.78, 5) is 0. The number of nitriles is 1. The first-order valence-corrected chi connectivity index (χ1v) is 21.2. The van der Waals surface area contributed by atoms with Gasteiger partial charge in [-0.3, -0.25) is 0 Å². The van der Waals surface area contributed by atoms with Crippen LogP contribution in [-0.2, 0) is 0 Å². The van der Waals surface area contributed by atoms with Crippen LogP contribution in [0.25, 0.3) is 75.8 Å². The minimum Gasteiger partial charge on any atom is -0.378 e. The van der Waals surface area contributed by atoms with E-state index in [9.17, 15) is 5.26 Å². The fourth-order valence-corrected chi connectivity index (χ4v) is 9.70. The molecule has 0 aliphatic heterocycles. The van der Waals surface area contributed by atoms with Gasteiger partial charge < -0.3 is 10.6 Å². The van der Waals surface area contributed by atoms with Crippen LogP contribution in [0.5, 0.6) is 0 Å². The van der Waals surface area contributed by atoms with E-state index < -0.39 is 0 Å². The van der Waals surface area contributed by atoms with E-state index in [-0.39, 0.29) is 12.0 Å². The third-order valence-electron chi connectivity index (χ3n) is 11.7. The van der Waals surface area contributed by atoms with E-state index in [1.165, 1.54) is 31.3 Å². The van der Waals surface area contributed by atoms with Crippen LogP contribution >= 0.6 is 11.3 Å². The smallest absolute Gasteiger partial charge is 0.0950 e. The molecule has 3 nitrogen and oxygen atoms in total. The highest BCUT2D eigenvalue weighted by Gasteiger charge is 2.22. The van der Waals surface area contributed by atoms with Crippen molar-refractivity contribution >= 4 is 48.6 Å². The highest BCUT2D eigenvalue weighted by Crippen LogP contribution is 2.42. The summed E-state index contributed by atoms with van der Waals surface area (Å²) in [6.07, 6.45) is 6.03. The average Bonchev–Trinajstić information content (AvgIpc) is 3.70. The number of para-hydroxylation sites is 2. The monoisotopic (exact) mass is 787 g/mol. The van der Waals surface area contributed by atoms with Gasteiger partial charge in [-0.05, 0) is 105 Å². The predicted molar refractivity (Wildman–Crippen MR) is 256 cm³/mol. The topological polar surface area (TPSA) is 47.9 Å². The van der Waals surface area contributed by atoms with Crippen molar-refractivity contribution in [3.05, 3.63) is 212 Å². The Bertz CT molecular complexity index is 3150. The second-order valence-corrected chi connectivity index (χ2v) is 16.4. The van der Waals surface area contributed by atoms with Crippen molar-refractivity contribution < 1.29 is 0 Å². The van der Waals surface area contributed by atoms with Gasteiger partial charge in [-0.25, -0.2) is 0 Å². The molecule has 0 radical (unpaired) electrons. The van der Waals surface area contributed by atoms with E-state index in [1.54, 1.807) is 0 Å². The van der Waals surface area contributed by atoms with Gasteiger partial charge in [0.15, 0.2) is 0 Å². The fourth-order valence-electron chi connectivity index (χ4n) is 8.47. The first-order valence-electron chi connectivity index (χ1n) is 20.4. The van der Waals surface area contributed by atoms with Crippen LogP contribution in [0.4, 0.5) is 17.1 Å². The van der Waals surface area contributed by atoms with Gasteiger partial charge in [0.25, 0.3) is 0 Å². The van der Waals surface area contributed by atoms with Gasteiger partial charge >= 0.3 is 0 Å². The van der Waals surface area contributed by atoms with Gasteiger partial charge in [-0.2, -0.15) is 5.26 Å². The number of rotatable bonds is 9. The summed E-state index contributed by atoms with van der Waals surface area (Å²) < 4.78 is 2.63. The number of hydrogen-bond acceptors (Lipinski definition) is 4. The van der Waals surface area contributed by atoms with Crippen LogP contribution in [-0.4, -0.2) is 6.04 Å². The maximum atomic E-state index is 9.66. The Labute approximate surface area is 355 Å². The molecule has 0 fully saturated rings. The Kier molecular flexibility index (Phi) is 9.87. The molecular weight excluding hydrogens is 747 g/mol. The number of thiophene rings is 1. The molecule has 1 aliphatic carbocycles. The number of allylic oxidation sites excluding steroid dienone is 2. The molecule has 1 aliphatic rings. The summed E-state index contributed by atoms with van der Waals surface area (Å²) in [6, 6.07) is 70.0. The van der Waals surface area contributed by atoms with Crippen LogP contribution in [0.3, 0.4) is 0 Å². The zero-order chi connectivity index (χ0) is 40.4. The molecule has 0 amide bonds. The Morgan fingerprint density at radius 1 is 0.500 bits per heavy atom. The van der Waals surface area contributed by atoms with Crippen LogP contribution < -0.4 is 10.6 Å². The van der Waals surface area contributed by atoms with E-state index in [2.05, 4.69) is 212 Å². The molecule has 0 saturated heterocycles. The molecule has 0 spiro atoms. The zero-order valence-corrected chi connectivity index (χ0v) is 34.0. The van der Waals surface area contributed by atoms with Crippen molar-refractivity contribution in [2.45, 2.75) is 13.0 Å². The molecule has 2 atom stereocenters. The first kappa shape index (κ1) is 36.9. The molecule has 9 aromatic rings. The lowest BCUT2D eigenvalue weighted by Crippen LogP contribution is -2.28. The van der Waals surface area contributed by atoms with Crippen molar-refractivity contribution in [2.75, 3.05) is 10.6 Å². The second-order valence-electron chi connectivity index (χ2n) is 15.4. The normalized spacial score (nSPS) is 14.8. The Morgan fingerprint density at radius 2 is 1.08 bits per heavy atom. The Hall–Kier alpha value is -7.45. The summed E-state index contributed by atoms with van der Waals surface area (Å²) in [5.41, 5.74) is 15.5. The molecule has 1 aromatic heterocycles. The summed E-state index contributed by atoms with van der Waals surface area (Å²) in [6.45, 7) is 2.11. The van der Waals surface area contributed by atoms with E-state index >= 15 is 0 Å². The molecule has 0 bridgehead atoms. The van der Waals surface area contributed by atoms with E-state index in [4.69, 9.17) is 0 Å². The lowest BCUT2D eigenvalue weighted by atomic mass is 9.89. The van der Waals surface area contributed by atoms with Crippen molar-refractivity contribution in [1.29, 1.82) is 5.26 Å². The number of hydrogen-bond donors (Lipinski definition) is 2. The Balaban J connectivity index is 1.01. The first-order chi connectivity index (χ1) is 29.6.